The lowest BCUT2D eigenvalue weighted by Crippen LogP contribution is -1.97. The molecule has 0 aromatic rings. The van der Waals surface area contributed by atoms with Crippen molar-refractivity contribution in [3.05, 3.63) is 0 Å². The van der Waals surface area contributed by atoms with Gasteiger partial charge in [-0.3, -0.25) is 4.79 Å². The van der Waals surface area contributed by atoms with E-state index in [1.165, 1.54) is 6.26 Å². The van der Waals surface area contributed by atoms with Gasteiger partial charge in [0.15, 0.2) is 0 Å². The largest absolute Gasteiger partial charge is 0.481 e. The lowest BCUT2D eigenvalue weighted by atomic mass is 10.3. The van der Waals surface area contributed by atoms with E-state index in [-0.39, 0.29) is 13.0 Å². The number of hydrogen-bond acceptors (Lipinski definition) is 3. The highest BCUT2D eigenvalue weighted by molar-refractivity contribution is 5.66. The van der Waals surface area contributed by atoms with Crippen LogP contribution in [0.3, 0.4) is 0 Å². The molecule has 4 nitrogen and oxygen atoms in total. The van der Waals surface area contributed by atoms with Gasteiger partial charge in [-0.05, 0) is 6.42 Å². The van der Waals surface area contributed by atoms with Crippen molar-refractivity contribution in [3.8, 4) is 6.26 Å². The molecular formula is C5H7NO3. The first kappa shape index (κ1) is 7.76. The number of carboxylic acids is 1. The monoisotopic (exact) mass is 129 g/mol. The van der Waals surface area contributed by atoms with Crippen LogP contribution in [0.5, 0.6) is 0 Å². The summed E-state index contributed by atoms with van der Waals surface area (Å²) in [6.45, 7) is 0.197. The molecule has 0 fully saturated rings. The average Bonchev–Trinajstić information content (AvgIpc) is 1.80. The van der Waals surface area contributed by atoms with E-state index in [0.717, 1.165) is 0 Å². The van der Waals surface area contributed by atoms with Crippen LogP contribution in [-0.4, -0.2) is 17.7 Å². The van der Waals surface area contributed by atoms with Crippen molar-refractivity contribution in [2.75, 3.05) is 6.61 Å². The summed E-state index contributed by atoms with van der Waals surface area (Å²) in [6.07, 6.45) is 1.90. The summed E-state index contributed by atoms with van der Waals surface area (Å²) in [5.41, 5.74) is 0. The zero-order valence-electron chi connectivity index (χ0n) is 4.83. The summed E-state index contributed by atoms with van der Waals surface area (Å²) in [4.78, 5) is 9.82. The van der Waals surface area contributed by atoms with E-state index >= 15 is 0 Å². The van der Waals surface area contributed by atoms with Gasteiger partial charge < -0.3 is 9.84 Å². The molecule has 0 heterocycles. The molecule has 4 heteroatoms. The highest BCUT2D eigenvalue weighted by Gasteiger charge is 1.94. The van der Waals surface area contributed by atoms with E-state index < -0.39 is 5.97 Å². The fourth-order valence-electron chi connectivity index (χ4n) is 0.341. The number of carbonyl (C=O) groups is 1. The topological polar surface area (TPSA) is 70.3 Å². The first-order valence-electron chi connectivity index (χ1n) is 2.50. The van der Waals surface area contributed by atoms with E-state index in [4.69, 9.17) is 10.4 Å². The minimum atomic E-state index is -0.864. The lowest BCUT2D eigenvalue weighted by Gasteiger charge is -1.91. The maximum absolute atomic E-state index is 9.82. The number of ether oxygens (including phenoxy) is 1. The molecule has 0 aromatic heterocycles. The molecule has 0 radical (unpaired) electrons. The van der Waals surface area contributed by atoms with Crippen LogP contribution in [0, 0.1) is 11.5 Å². The molecule has 50 valence electrons. The third-order valence-electron chi connectivity index (χ3n) is 0.702. The number of rotatable bonds is 4. The maximum Gasteiger partial charge on any atom is 0.303 e. The Hall–Kier alpha value is -1.24. The second-order valence-electron chi connectivity index (χ2n) is 1.44. The van der Waals surface area contributed by atoms with Gasteiger partial charge in [-0.2, -0.15) is 5.26 Å². The van der Waals surface area contributed by atoms with Crippen LogP contribution in [0.15, 0.2) is 0 Å². The van der Waals surface area contributed by atoms with Gasteiger partial charge in [0, 0.05) is 6.42 Å². The van der Waals surface area contributed by atoms with Gasteiger partial charge in [0.1, 0.15) is 6.61 Å². The third-order valence-corrected chi connectivity index (χ3v) is 0.702. The Morgan fingerprint density at radius 2 is 2.44 bits per heavy atom. The first-order valence-corrected chi connectivity index (χ1v) is 2.50. The van der Waals surface area contributed by atoms with Crippen molar-refractivity contribution in [1.82, 2.24) is 0 Å². The van der Waals surface area contributed by atoms with Crippen LogP contribution in [0.2, 0.25) is 0 Å². The van der Waals surface area contributed by atoms with Crippen molar-refractivity contribution in [2.45, 2.75) is 12.8 Å². The molecule has 9 heavy (non-hydrogen) atoms. The number of hydrogen-bond donors (Lipinski definition) is 1. The Bertz CT molecular complexity index is 127. The fraction of sp³-hybridized carbons (Fsp3) is 0.600. The van der Waals surface area contributed by atoms with E-state index in [9.17, 15) is 4.79 Å². The molecule has 0 aliphatic heterocycles. The Kier molecular flexibility index (Phi) is 4.23. The molecular weight excluding hydrogens is 122 g/mol. The number of carboxylic acid groups (broad SMARTS) is 1. The Labute approximate surface area is 52.7 Å². The van der Waals surface area contributed by atoms with Gasteiger partial charge in [0.2, 0.25) is 0 Å². The highest BCUT2D eigenvalue weighted by Crippen LogP contribution is 1.87. The Balaban J connectivity index is 2.94. The van der Waals surface area contributed by atoms with Crippen molar-refractivity contribution < 1.29 is 14.6 Å². The van der Waals surface area contributed by atoms with Crippen molar-refractivity contribution in [1.29, 1.82) is 5.26 Å². The van der Waals surface area contributed by atoms with Crippen LogP contribution in [0.25, 0.3) is 0 Å². The quantitative estimate of drug-likeness (QED) is 0.439. The van der Waals surface area contributed by atoms with Crippen molar-refractivity contribution in [3.63, 3.8) is 0 Å². The average molecular weight is 129 g/mol. The summed E-state index contributed by atoms with van der Waals surface area (Å²) >= 11 is 0. The molecule has 0 saturated carbocycles. The molecule has 0 rings (SSSR count). The van der Waals surface area contributed by atoms with Gasteiger partial charge in [-0.15, -0.1) is 0 Å². The molecule has 0 unspecified atom stereocenters. The van der Waals surface area contributed by atoms with Crippen molar-refractivity contribution in [2.24, 2.45) is 0 Å². The SMILES string of the molecule is N#COCCCC(=O)O. The summed E-state index contributed by atoms with van der Waals surface area (Å²) in [5, 5.41) is 15.9. The molecule has 0 spiro atoms. The third kappa shape index (κ3) is 6.76. The second kappa shape index (κ2) is 4.91. The van der Waals surface area contributed by atoms with Gasteiger partial charge in [0.25, 0.3) is 6.26 Å². The zero-order chi connectivity index (χ0) is 7.11. The molecule has 0 saturated heterocycles. The van der Waals surface area contributed by atoms with Gasteiger partial charge in [0.05, 0.1) is 0 Å². The second-order valence-corrected chi connectivity index (χ2v) is 1.44. The summed E-state index contributed by atoms with van der Waals surface area (Å²) in [6, 6.07) is 0. The lowest BCUT2D eigenvalue weighted by molar-refractivity contribution is -0.137. The minimum absolute atomic E-state index is 0.0572. The van der Waals surface area contributed by atoms with Crippen LogP contribution in [0.4, 0.5) is 0 Å². The van der Waals surface area contributed by atoms with Crippen LogP contribution >= 0.6 is 0 Å². The molecule has 0 aliphatic carbocycles. The molecule has 0 amide bonds. The van der Waals surface area contributed by atoms with Crippen LogP contribution < -0.4 is 0 Å². The standard InChI is InChI=1S/C5H7NO3/c6-4-9-3-1-2-5(7)8/h1-3H2,(H,7,8). The number of nitrogens with zero attached hydrogens (tertiary/aromatic N) is 1. The molecule has 0 bridgehead atoms. The summed E-state index contributed by atoms with van der Waals surface area (Å²) in [7, 11) is 0. The van der Waals surface area contributed by atoms with Crippen LogP contribution in [0.1, 0.15) is 12.8 Å². The Morgan fingerprint density at radius 1 is 1.78 bits per heavy atom. The number of nitriles is 1. The molecule has 0 atom stereocenters. The predicted molar refractivity (Wildman–Crippen MR) is 28.4 cm³/mol. The highest BCUT2D eigenvalue weighted by atomic mass is 16.5. The number of aliphatic carboxylic acids is 1. The maximum atomic E-state index is 9.82. The first-order chi connectivity index (χ1) is 4.27. The fourth-order valence-corrected chi connectivity index (χ4v) is 0.341. The van der Waals surface area contributed by atoms with Crippen LogP contribution in [-0.2, 0) is 9.53 Å². The van der Waals surface area contributed by atoms with Gasteiger partial charge >= 0.3 is 5.97 Å². The van der Waals surface area contributed by atoms with Gasteiger partial charge in [-0.25, -0.2) is 0 Å². The van der Waals surface area contributed by atoms with E-state index in [1.54, 1.807) is 0 Å². The predicted octanol–water partition coefficient (Wildman–Crippen LogP) is 0.349. The summed E-state index contributed by atoms with van der Waals surface area (Å²) < 4.78 is 4.23. The van der Waals surface area contributed by atoms with E-state index in [1.807, 2.05) is 0 Å². The molecule has 0 aromatic carbocycles. The van der Waals surface area contributed by atoms with Gasteiger partial charge in [-0.1, -0.05) is 0 Å². The summed E-state index contributed by atoms with van der Waals surface area (Å²) in [5.74, 6) is -0.864. The molecule has 0 aliphatic rings. The zero-order valence-corrected chi connectivity index (χ0v) is 4.83. The minimum Gasteiger partial charge on any atom is -0.481 e. The smallest absolute Gasteiger partial charge is 0.303 e. The normalized spacial score (nSPS) is 7.89. The molecule has 1 N–H and O–H groups in total. The van der Waals surface area contributed by atoms with E-state index in [2.05, 4.69) is 4.74 Å². The van der Waals surface area contributed by atoms with Crippen molar-refractivity contribution >= 4 is 5.97 Å². The Morgan fingerprint density at radius 3 is 2.89 bits per heavy atom. The van der Waals surface area contributed by atoms with E-state index in [0.29, 0.717) is 6.42 Å².